The monoisotopic (exact) mass is 282 g/mol. The first-order valence-corrected chi connectivity index (χ1v) is 7.81. The van der Waals surface area contributed by atoms with E-state index in [0.717, 1.165) is 19.4 Å². The molecule has 1 saturated carbocycles. The first-order valence-electron chi connectivity index (χ1n) is 6.27. The second-order valence-corrected chi connectivity index (χ2v) is 6.65. The number of nitrogens with zero attached hydrogens (tertiary/aromatic N) is 1. The molecule has 1 aliphatic carbocycles. The highest BCUT2D eigenvalue weighted by atomic mass is 32.2. The molecule has 0 radical (unpaired) electrons. The smallest absolute Gasteiger partial charge is 0.240 e. The average Bonchev–Trinajstić information content (AvgIpc) is 2.64. The third-order valence-electron chi connectivity index (χ3n) is 3.81. The zero-order valence-corrected chi connectivity index (χ0v) is 11.2. The van der Waals surface area contributed by atoms with Crippen LogP contribution in [0.1, 0.15) is 19.3 Å². The number of hydrogen-bond acceptors (Lipinski definition) is 2. The van der Waals surface area contributed by atoms with Gasteiger partial charge in [0.25, 0.3) is 0 Å². The number of benzene rings is 1. The van der Waals surface area contributed by atoms with E-state index in [1.807, 2.05) is 4.57 Å². The molecule has 0 unspecified atom stereocenters. The van der Waals surface area contributed by atoms with Gasteiger partial charge in [-0.15, -0.1) is 0 Å². The van der Waals surface area contributed by atoms with E-state index in [2.05, 4.69) is 0 Å². The van der Waals surface area contributed by atoms with Gasteiger partial charge in [-0.1, -0.05) is 12.5 Å². The summed E-state index contributed by atoms with van der Waals surface area (Å²) in [5, 5.41) is 5.28. The molecule has 4 nitrogen and oxygen atoms in total. The second-order valence-electron chi connectivity index (χ2n) is 5.12. The maximum atomic E-state index is 13.9. The molecule has 2 N–H and O–H groups in total. The predicted octanol–water partition coefficient (Wildman–Crippen LogP) is 2.23. The summed E-state index contributed by atoms with van der Waals surface area (Å²) in [6, 6.07) is 4.57. The van der Waals surface area contributed by atoms with Gasteiger partial charge in [-0.25, -0.2) is 17.9 Å². The highest BCUT2D eigenvalue weighted by molar-refractivity contribution is 7.89. The van der Waals surface area contributed by atoms with E-state index in [1.54, 1.807) is 12.1 Å². The zero-order chi connectivity index (χ0) is 13.6. The summed E-state index contributed by atoms with van der Waals surface area (Å²) in [6.45, 7) is 0.718. The van der Waals surface area contributed by atoms with Crippen molar-refractivity contribution in [2.24, 2.45) is 11.1 Å². The lowest BCUT2D eigenvalue weighted by atomic mass is 9.85. The van der Waals surface area contributed by atoms with Gasteiger partial charge in [-0.05, 0) is 30.9 Å². The van der Waals surface area contributed by atoms with Crippen LogP contribution in [0.2, 0.25) is 0 Å². The lowest BCUT2D eigenvalue weighted by molar-refractivity contribution is 0.279. The number of primary sulfonamides is 1. The highest BCUT2D eigenvalue weighted by Gasteiger charge is 2.23. The Bertz CT molecular complexity index is 732. The van der Waals surface area contributed by atoms with Crippen molar-refractivity contribution >= 4 is 20.9 Å². The van der Waals surface area contributed by atoms with Crippen LogP contribution in [0.4, 0.5) is 4.39 Å². The number of aromatic nitrogens is 1. The van der Waals surface area contributed by atoms with Crippen LogP contribution in [-0.2, 0) is 16.6 Å². The molecule has 1 heterocycles. The standard InChI is InChI=1S/C13H15FN2O2S/c14-10-5-2-6-11-13(10)12(19(15,17)18)8-16(11)7-9-3-1-4-9/h2,5-6,8-9H,1,3-4,7H2,(H2,15,17,18). The third kappa shape index (κ3) is 2.15. The van der Waals surface area contributed by atoms with Crippen molar-refractivity contribution in [1.29, 1.82) is 0 Å². The summed E-state index contributed by atoms with van der Waals surface area (Å²) >= 11 is 0. The van der Waals surface area contributed by atoms with E-state index in [0.29, 0.717) is 11.4 Å². The fraction of sp³-hybridized carbons (Fsp3) is 0.385. The zero-order valence-electron chi connectivity index (χ0n) is 10.3. The Morgan fingerprint density at radius 2 is 2.11 bits per heavy atom. The summed E-state index contributed by atoms with van der Waals surface area (Å²) < 4.78 is 38.9. The van der Waals surface area contributed by atoms with Crippen molar-refractivity contribution in [2.75, 3.05) is 0 Å². The maximum absolute atomic E-state index is 13.9. The fourth-order valence-corrected chi connectivity index (χ4v) is 3.35. The lowest BCUT2D eigenvalue weighted by Crippen LogP contribution is -2.17. The van der Waals surface area contributed by atoms with Gasteiger partial charge >= 0.3 is 0 Å². The van der Waals surface area contributed by atoms with E-state index in [4.69, 9.17) is 5.14 Å². The molecule has 0 atom stereocenters. The molecule has 6 heteroatoms. The fourth-order valence-electron chi connectivity index (χ4n) is 2.59. The van der Waals surface area contributed by atoms with E-state index in [9.17, 15) is 12.8 Å². The van der Waals surface area contributed by atoms with Crippen molar-refractivity contribution in [3.8, 4) is 0 Å². The van der Waals surface area contributed by atoms with Crippen LogP contribution >= 0.6 is 0 Å². The van der Waals surface area contributed by atoms with Gasteiger partial charge in [-0.3, -0.25) is 0 Å². The number of hydrogen-bond donors (Lipinski definition) is 1. The van der Waals surface area contributed by atoms with E-state index < -0.39 is 15.8 Å². The van der Waals surface area contributed by atoms with Gasteiger partial charge in [0.05, 0.1) is 10.9 Å². The first kappa shape index (κ1) is 12.6. The molecule has 1 aromatic heterocycles. The maximum Gasteiger partial charge on any atom is 0.240 e. The Morgan fingerprint density at radius 3 is 2.68 bits per heavy atom. The minimum Gasteiger partial charge on any atom is -0.346 e. The number of rotatable bonds is 3. The van der Waals surface area contributed by atoms with Crippen LogP contribution < -0.4 is 5.14 Å². The molecule has 1 fully saturated rings. The topological polar surface area (TPSA) is 65.1 Å². The Balaban J connectivity index is 2.20. The SMILES string of the molecule is NS(=O)(=O)c1cn(CC2CCC2)c2cccc(F)c12. The molecule has 0 amide bonds. The highest BCUT2D eigenvalue weighted by Crippen LogP contribution is 2.32. The van der Waals surface area contributed by atoms with Gasteiger partial charge < -0.3 is 4.57 Å². The van der Waals surface area contributed by atoms with Crippen molar-refractivity contribution in [3.63, 3.8) is 0 Å². The van der Waals surface area contributed by atoms with Crippen LogP contribution in [-0.4, -0.2) is 13.0 Å². The van der Waals surface area contributed by atoms with Crippen molar-refractivity contribution in [1.82, 2.24) is 4.57 Å². The average molecular weight is 282 g/mol. The summed E-state index contributed by atoms with van der Waals surface area (Å²) in [5.41, 5.74) is 0.593. The molecular formula is C13H15FN2O2S. The Kier molecular flexibility index (Phi) is 2.87. The largest absolute Gasteiger partial charge is 0.346 e. The quantitative estimate of drug-likeness (QED) is 0.938. The number of fused-ring (bicyclic) bond motifs is 1. The van der Waals surface area contributed by atoms with Crippen LogP contribution in [0.25, 0.3) is 10.9 Å². The molecule has 0 spiro atoms. The molecule has 3 rings (SSSR count). The van der Waals surface area contributed by atoms with Crippen LogP contribution in [0.15, 0.2) is 29.3 Å². The van der Waals surface area contributed by atoms with Crippen molar-refractivity contribution < 1.29 is 12.8 Å². The van der Waals surface area contributed by atoms with Crippen LogP contribution in [0, 0.1) is 11.7 Å². The second kappa shape index (κ2) is 4.31. The molecule has 2 aromatic rings. The van der Waals surface area contributed by atoms with E-state index in [1.165, 1.54) is 18.7 Å². The summed E-state index contributed by atoms with van der Waals surface area (Å²) in [4.78, 5) is -0.125. The molecule has 102 valence electrons. The van der Waals surface area contributed by atoms with Gasteiger partial charge in [0.2, 0.25) is 10.0 Å². The molecule has 0 bridgehead atoms. The van der Waals surface area contributed by atoms with Gasteiger partial charge in [0, 0.05) is 12.7 Å². The normalized spacial score (nSPS) is 16.7. The van der Waals surface area contributed by atoms with Crippen LogP contribution in [0.3, 0.4) is 0 Å². The summed E-state index contributed by atoms with van der Waals surface area (Å²) in [6.07, 6.45) is 4.95. The summed E-state index contributed by atoms with van der Waals surface area (Å²) in [5.74, 6) is 0.00100. The number of sulfonamides is 1. The van der Waals surface area contributed by atoms with Gasteiger partial charge in [-0.2, -0.15) is 0 Å². The van der Waals surface area contributed by atoms with Crippen molar-refractivity contribution in [2.45, 2.75) is 30.7 Å². The van der Waals surface area contributed by atoms with Crippen LogP contribution in [0.5, 0.6) is 0 Å². The molecule has 19 heavy (non-hydrogen) atoms. The Labute approximate surface area is 111 Å². The minimum absolute atomic E-state index is 0.101. The van der Waals surface area contributed by atoms with Crippen molar-refractivity contribution in [3.05, 3.63) is 30.2 Å². The minimum atomic E-state index is -3.92. The Morgan fingerprint density at radius 1 is 1.37 bits per heavy atom. The number of nitrogens with two attached hydrogens (primary N) is 1. The molecule has 1 aromatic carbocycles. The predicted molar refractivity (Wildman–Crippen MR) is 70.6 cm³/mol. The molecule has 1 aliphatic rings. The third-order valence-corrected chi connectivity index (χ3v) is 4.73. The molecule has 0 saturated heterocycles. The Hall–Kier alpha value is -1.40. The summed E-state index contributed by atoms with van der Waals surface area (Å²) in [7, 11) is -3.92. The number of halogens is 1. The lowest BCUT2D eigenvalue weighted by Gasteiger charge is -2.26. The molecular weight excluding hydrogens is 267 g/mol. The van der Waals surface area contributed by atoms with Gasteiger partial charge in [0.1, 0.15) is 10.7 Å². The van der Waals surface area contributed by atoms with Gasteiger partial charge in [0.15, 0.2) is 0 Å². The van der Waals surface area contributed by atoms with E-state index >= 15 is 0 Å². The van der Waals surface area contributed by atoms with E-state index in [-0.39, 0.29) is 10.3 Å². The first-order chi connectivity index (χ1) is 8.97. The molecule has 0 aliphatic heterocycles.